The molecule has 0 saturated heterocycles. The minimum absolute atomic E-state index is 0.114. The van der Waals surface area contributed by atoms with E-state index in [1.807, 2.05) is 0 Å². The Kier molecular flexibility index (Phi) is 5.29. The molecular formula is C12H17N7O4. The summed E-state index contributed by atoms with van der Waals surface area (Å²) in [7, 11) is 0. The number of rotatable bonds is 7. The van der Waals surface area contributed by atoms with E-state index in [9.17, 15) is 15.0 Å². The Balaban J connectivity index is 2.47. The highest BCUT2D eigenvalue weighted by atomic mass is 16.5. The van der Waals surface area contributed by atoms with E-state index in [-0.39, 0.29) is 17.7 Å². The van der Waals surface area contributed by atoms with Gasteiger partial charge in [0.25, 0.3) is 5.56 Å². The standard InChI is InChI=1S/C12H17N7O4/c1-6(21)8(4-20)23-9(3-15-18-13)19-5-14-10-11(19)16-7(2)17-12(10)22/h5-6,8-9,20-21H,3-4H2,1-2H3,(H,16,17,22)/t6-,8+,9+/m0/s1. The Morgan fingerprint density at radius 1 is 1.61 bits per heavy atom. The number of aromatic nitrogens is 4. The summed E-state index contributed by atoms with van der Waals surface area (Å²) in [6.45, 7) is 2.53. The number of nitrogens with one attached hydrogen (secondary N) is 1. The number of H-pyrrole nitrogens is 1. The number of ether oxygens (including phenoxy) is 1. The normalized spacial score (nSPS) is 15.1. The SMILES string of the molecule is Cc1nc2c(ncn2[C@@H](CN=[N+]=[N-])O[C@H](CO)[C@H](C)O)c(=O)[nH]1. The molecule has 0 saturated carbocycles. The summed E-state index contributed by atoms with van der Waals surface area (Å²) in [5, 5.41) is 22.3. The van der Waals surface area contributed by atoms with Crippen molar-refractivity contribution in [2.45, 2.75) is 32.3 Å². The Labute approximate surface area is 130 Å². The molecule has 0 aliphatic rings. The van der Waals surface area contributed by atoms with Crippen molar-refractivity contribution >= 4 is 11.2 Å². The highest BCUT2D eigenvalue weighted by Gasteiger charge is 2.23. The molecule has 2 aromatic rings. The minimum Gasteiger partial charge on any atom is -0.394 e. The van der Waals surface area contributed by atoms with Crippen LogP contribution in [0.5, 0.6) is 0 Å². The van der Waals surface area contributed by atoms with Gasteiger partial charge in [0.05, 0.1) is 25.6 Å². The molecule has 0 aliphatic heterocycles. The summed E-state index contributed by atoms with van der Waals surface area (Å²) < 4.78 is 7.03. The molecule has 0 bridgehead atoms. The quantitative estimate of drug-likeness (QED) is 0.369. The largest absolute Gasteiger partial charge is 0.394 e. The topological polar surface area (TPSA) is 162 Å². The summed E-state index contributed by atoms with van der Waals surface area (Å²) in [6.07, 6.45) is -1.38. The van der Waals surface area contributed by atoms with Gasteiger partial charge in [-0.2, -0.15) is 0 Å². The molecule has 2 heterocycles. The van der Waals surface area contributed by atoms with Crippen LogP contribution < -0.4 is 5.56 Å². The summed E-state index contributed by atoms with van der Waals surface area (Å²) in [6, 6.07) is 0. The molecule has 23 heavy (non-hydrogen) atoms. The predicted molar refractivity (Wildman–Crippen MR) is 79.6 cm³/mol. The number of aliphatic hydroxyl groups is 2. The first-order valence-corrected chi connectivity index (χ1v) is 6.86. The fourth-order valence-corrected chi connectivity index (χ4v) is 2.06. The first kappa shape index (κ1) is 16.9. The second-order valence-corrected chi connectivity index (χ2v) is 4.94. The van der Waals surface area contributed by atoms with Crippen molar-refractivity contribution in [2.24, 2.45) is 5.11 Å². The van der Waals surface area contributed by atoms with E-state index in [4.69, 9.17) is 10.3 Å². The van der Waals surface area contributed by atoms with Crippen LogP contribution in [-0.2, 0) is 4.74 Å². The number of hydrogen-bond donors (Lipinski definition) is 3. The number of azide groups is 1. The van der Waals surface area contributed by atoms with E-state index in [0.717, 1.165) is 0 Å². The Morgan fingerprint density at radius 3 is 2.96 bits per heavy atom. The maximum absolute atomic E-state index is 11.9. The molecule has 0 fully saturated rings. The van der Waals surface area contributed by atoms with Crippen LogP contribution in [0.1, 0.15) is 19.0 Å². The highest BCUT2D eigenvalue weighted by Crippen LogP contribution is 2.18. The van der Waals surface area contributed by atoms with Crippen LogP contribution in [0.25, 0.3) is 21.6 Å². The van der Waals surface area contributed by atoms with Crippen molar-refractivity contribution in [3.8, 4) is 0 Å². The van der Waals surface area contributed by atoms with E-state index >= 15 is 0 Å². The number of aromatic amines is 1. The van der Waals surface area contributed by atoms with Crippen LogP contribution in [0.3, 0.4) is 0 Å². The van der Waals surface area contributed by atoms with Crippen LogP contribution in [0, 0.1) is 6.92 Å². The smallest absolute Gasteiger partial charge is 0.279 e. The minimum atomic E-state index is -0.943. The zero-order chi connectivity index (χ0) is 17.0. The molecule has 2 rings (SSSR count). The molecule has 3 atom stereocenters. The van der Waals surface area contributed by atoms with Crippen LogP contribution in [0.4, 0.5) is 0 Å². The van der Waals surface area contributed by atoms with Gasteiger partial charge in [0.15, 0.2) is 11.2 Å². The summed E-state index contributed by atoms with van der Waals surface area (Å²) in [4.78, 5) is 25.3. The van der Waals surface area contributed by atoms with Crippen molar-refractivity contribution in [3.05, 3.63) is 32.9 Å². The lowest BCUT2D eigenvalue weighted by atomic mass is 10.2. The van der Waals surface area contributed by atoms with Crippen LogP contribution in [0.2, 0.25) is 0 Å². The number of imidazole rings is 1. The molecule has 11 nitrogen and oxygen atoms in total. The summed E-state index contributed by atoms with van der Waals surface area (Å²) in [5.41, 5.74) is 8.49. The first-order valence-electron chi connectivity index (χ1n) is 6.86. The van der Waals surface area contributed by atoms with E-state index in [0.29, 0.717) is 5.82 Å². The number of hydrogen-bond acceptors (Lipinski definition) is 7. The lowest BCUT2D eigenvalue weighted by molar-refractivity contribution is -0.113. The van der Waals surface area contributed by atoms with Gasteiger partial charge in [0.2, 0.25) is 0 Å². The number of fused-ring (bicyclic) bond motifs is 1. The van der Waals surface area contributed by atoms with Crippen LogP contribution in [-0.4, -0.2) is 55.1 Å². The first-order chi connectivity index (χ1) is 11.0. The average molecular weight is 323 g/mol. The molecular weight excluding hydrogens is 306 g/mol. The third-order valence-electron chi connectivity index (χ3n) is 3.21. The van der Waals surface area contributed by atoms with Gasteiger partial charge < -0.3 is 19.9 Å². The van der Waals surface area contributed by atoms with Gasteiger partial charge in [-0.25, -0.2) is 9.97 Å². The molecule has 0 amide bonds. The third kappa shape index (κ3) is 3.66. The van der Waals surface area contributed by atoms with Gasteiger partial charge in [0.1, 0.15) is 18.2 Å². The fourth-order valence-electron chi connectivity index (χ4n) is 2.06. The molecule has 2 aromatic heterocycles. The molecule has 11 heteroatoms. The van der Waals surface area contributed by atoms with Crippen molar-refractivity contribution < 1.29 is 14.9 Å². The molecule has 0 unspecified atom stereocenters. The molecule has 0 radical (unpaired) electrons. The van der Waals surface area contributed by atoms with Crippen LogP contribution in [0.15, 0.2) is 16.2 Å². The monoisotopic (exact) mass is 323 g/mol. The zero-order valence-electron chi connectivity index (χ0n) is 12.6. The molecule has 3 N–H and O–H groups in total. The van der Waals surface area contributed by atoms with E-state index in [2.05, 4.69) is 25.0 Å². The Morgan fingerprint density at radius 2 is 2.35 bits per heavy atom. The maximum atomic E-state index is 11.9. The van der Waals surface area contributed by atoms with Gasteiger partial charge in [0, 0.05) is 4.91 Å². The fraction of sp³-hybridized carbons (Fsp3) is 0.583. The van der Waals surface area contributed by atoms with E-state index in [1.54, 1.807) is 6.92 Å². The van der Waals surface area contributed by atoms with Crippen molar-refractivity contribution in [1.82, 2.24) is 19.5 Å². The third-order valence-corrected chi connectivity index (χ3v) is 3.21. The van der Waals surface area contributed by atoms with Gasteiger partial charge >= 0.3 is 0 Å². The number of nitrogens with zero attached hydrogens (tertiary/aromatic N) is 6. The van der Waals surface area contributed by atoms with Gasteiger partial charge in [-0.05, 0) is 19.4 Å². The molecule has 0 spiro atoms. The average Bonchev–Trinajstić information content (AvgIpc) is 2.91. The number of aryl methyl sites for hydroxylation is 1. The lowest BCUT2D eigenvalue weighted by Crippen LogP contribution is -2.34. The molecule has 0 aromatic carbocycles. The van der Waals surface area contributed by atoms with Crippen molar-refractivity contribution in [2.75, 3.05) is 13.2 Å². The second kappa shape index (κ2) is 7.20. The Hall–Kier alpha value is -2.46. The van der Waals surface area contributed by atoms with Crippen LogP contribution >= 0.6 is 0 Å². The van der Waals surface area contributed by atoms with Crippen molar-refractivity contribution in [3.63, 3.8) is 0 Å². The van der Waals surface area contributed by atoms with E-state index in [1.165, 1.54) is 17.8 Å². The lowest BCUT2D eigenvalue weighted by Gasteiger charge is -2.25. The van der Waals surface area contributed by atoms with Gasteiger partial charge in [-0.1, -0.05) is 5.11 Å². The Bertz CT molecular complexity index is 777. The number of aliphatic hydroxyl groups excluding tert-OH is 2. The maximum Gasteiger partial charge on any atom is 0.279 e. The van der Waals surface area contributed by atoms with Gasteiger partial charge in [-0.3, -0.25) is 9.36 Å². The van der Waals surface area contributed by atoms with E-state index < -0.39 is 30.6 Å². The predicted octanol–water partition coefficient (Wildman–Crippen LogP) is -0.00478. The molecule has 0 aliphatic carbocycles. The molecule has 124 valence electrons. The second-order valence-electron chi connectivity index (χ2n) is 4.94. The zero-order valence-corrected chi connectivity index (χ0v) is 12.6. The summed E-state index contributed by atoms with van der Waals surface area (Å²) in [5.74, 6) is 0.390. The highest BCUT2D eigenvalue weighted by molar-refractivity contribution is 5.69. The van der Waals surface area contributed by atoms with Crippen molar-refractivity contribution in [1.29, 1.82) is 0 Å². The summed E-state index contributed by atoms with van der Waals surface area (Å²) >= 11 is 0. The van der Waals surface area contributed by atoms with Gasteiger partial charge in [-0.15, -0.1) is 0 Å².